The van der Waals surface area contributed by atoms with Crippen molar-refractivity contribution in [1.82, 2.24) is 0 Å². The number of fused-ring (bicyclic) bond motifs is 1. The highest BCUT2D eigenvalue weighted by Crippen LogP contribution is 2.32. The average molecular weight is 365 g/mol. The summed E-state index contributed by atoms with van der Waals surface area (Å²) in [5, 5.41) is 1.92. The molecule has 0 unspecified atom stereocenters. The first-order chi connectivity index (χ1) is 12.3. The van der Waals surface area contributed by atoms with Crippen LogP contribution in [0.1, 0.15) is 16.7 Å². The summed E-state index contributed by atoms with van der Waals surface area (Å²) in [6.07, 6.45) is 1.62. The van der Waals surface area contributed by atoms with Crippen LogP contribution in [0.5, 0.6) is 0 Å². The molecule has 0 bridgehead atoms. The number of hydrogen-bond acceptors (Lipinski definition) is 2. The third-order valence-electron chi connectivity index (χ3n) is 4.49. The van der Waals surface area contributed by atoms with Gasteiger partial charge < -0.3 is 0 Å². The van der Waals surface area contributed by atoms with Gasteiger partial charge in [0.2, 0.25) is 0 Å². The highest BCUT2D eigenvalue weighted by molar-refractivity contribution is 7.92. The highest BCUT2D eigenvalue weighted by atomic mass is 32.2. The van der Waals surface area contributed by atoms with Crippen LogP contribution in [-0.2, 0) is 10.0 Å². The van der Waals surface area contributed by atoms with Gasteiger partial charge in [0.05, 0.1) is 17.1 Å². The minimum Gasteiger partial charge on any atom is -0.262 e. The summed E-state index contributed by atoms with van der Waals surface area (Å²) in [5.74, 6) is 0. The maximum atomic E-state index is 13.4. The Labute approximate surface area is 155 Å². The molecular weight excluding hydrogens is 342 g/mol. The molecule has 0 spiro atoms. The molecule has 0 amide bonds. The summed E-state index contributed by atoms with van der Waals surface area (Å²) in [4.78, 5) is 0.289. The molecule has 3 aromatic rings. The maximum absolute atomic E-state index is 13.4. The molecule has 0 aliphatic rings. The molecule has 3 nitrogen and oxygen atoms in total. The molecule has 0 saturated carbocycles. The first-order valence-corrected chi connectivity index (χ1v) is 9.99. The molecule has 0 aliphatic heterocycles. The fourth-order valence-electron chi connectivity index (χ4n) is 3.45. The van der Waals surface area contributed by atoms with Crippen LogP contribution in [0, 0.1) is 20.8 Å². The standard InChI is InChI=1S/C22H23NO2S/c1-5-12-23(22-17(3)13-16(2)14-18(22)4)26(24,25)21-11-10-19-8-6-7-9-20(19)15-21/h5-11,13-15H,1,12H2,2-4H3. The Hall–Kier alpha value is -2.59. The van der Waals surface area contributed by atoms with Gasteiger partial charge in [-0.15, -0.1) is 6.58 Å². The SMILES string of the molecule is C=CCN(c1c(C)cc(C)cc1C)S(=O)(=O)c1ccc2ccccc2c1. The van der Waals surface area contributed by atoms with E-state index in [4.69, 9.17) is 0 Å². The van der Waals surface area contributed by atoms with Crippen molar-refractivity contribution in [3.63, 3.8) is 0 Å². The molecule has 3 rings (SSSR count). The zero-order chi connectivity index (χ0) is 18.9. The van der Waals surface area contributed by atoms with Crippen LogP contribution >= 0.6 is 0 Å². The van der Waals surface area contributed by atoms with Crippen LogP contribution in [0.4, 0.5) is 5.69 Å². The Balaban J connectivity index is 2.19. The predicted molar refractivity (Wildman–Crippen MR) is 109 cm³/mol. The lowest BCUT2D eigenvalue weighted by atomic mass is 10.1. The second kappa shape index (κ2) is 6.96. The smallest absolute Gasteiger partial charge is 0.262 e. The number of rotatable bonds is 5. The molecular formula is C22H23NO2S. The van der Waals surface area contributed by atoms with Crippen molar-refractivity contribution in [2.45, 2.75) is 25.7 Å². The molecule has 0 heterocycles. The summed E-state index contributed by atoms with van der Waals surface area (Å²) in [6.45, 7) is 9.88. The summed E-state index contributed by atoms with van der Waals surface area (Å²) in [7, 11) is -3.70. The number of anilines is 1. The van der Waals surface area contributed by atoms with Crippen molar-refractivity contribution in [3.05, 3.63) is 83.9 Å². The van der Waals surface area contributed by atoms with E-state index in [1.54, 1.807) is 18.2 Å². The first-order valence-electron chi connectivity index (χ1n) is 8.55. The van der Waals surface area contributed by atoms with Crippen LogP contribution in [-0.4, -0.2) is 15.0 Å². The van der Waals surface area contributed by atoms with Gasteiger partial charge in [-0.3, -0.25) is 4.31 Å². The fraction of sp³-hybridized carbons (Fsp3) is 0.182. The van der Waals surface area contributed by atoms with Crippen molar-refractivity contribution < 1.29 is 8.42 Å². The lowest BCUT2D eigenvalue weighted by Gasteiger charge is -2.27. The minimum atomic E-state index is -3.70. The van der Waals surface area contributed by atoms with Crippen LogP contribution in [0.25, 0.3) is 10.8 Å². The maximum Gasteiger partial charge on any atom is 0.264 e. The summed E-state index contributed by atoms with van der Waals surface area (Å²) in [5.41, 5.74) is 3.72. The van der Waals surface area contributed by atoms with Crippen molar-refractivity contribution >= 4 is 26.5 Å². The molecule has 0 saturated heterocycles. The van der Waals surface area contributed by atoms with E-state index in [-0.39, 0.29) is 11.4 Å². The van der Waals surface area contributed by atoms with Gasteiger partial charge in [0.1, 0.15) is 0 Å². The summed E-state index contributed by atoms with van der Waals surface area (Å²) in [6, 6.07) is 17.0. The Morgan fingerprint density at radius 3 is 2.15 bits per heavy atom. The summed E-state index contributed by atoms with van der Waals surface area (Å²) < 4.78 is 28.3. The van der Waals surface area contributed by atoms with Gasteiger partial charge in [0, 0.05) is 0 Å². The zero-order valence-corrected chi connectivity index (χ0v) is 16.2. The van der Waals surface area contributed by atoms with Gasteiger partial charge in [-0.2, -0.15) is 0 Å². The molecule has 0 atom stereocenters. The largest absolute Gasteiger partial charge is 0.264 e. The lowest BCUT2D eigenvalue weighted by Crippen LogP contribution is -2.32. The molecule has 0 aliphatic carbocycles. The van der Waals surface area contributed by atoms with E-state index in [0.717, 1.165) is 33.2 Å². The molecule has 0 N–H and O–H groups in total. The first kappa shape index (κ1) is 18.2. The van der Waals surface area contributed by atoms with E-state index in [1.807, 2.05) is 63.2 Å². The quantitative estimate of drug-likeness (QED) is 0.587. The van der Waals surface area contributed by atoms with Crippen LogP contribution in [0.3, 0.4) is 0 Å². The third-order valence-corrected chi connectivity index (χ3v) is 6.25. The molecule has 26 heavy (non-hydrogen) atoms. The van der Waals surface area contributed by atoms with Gasteiger partial charge in [-0.25, -0.2) is 8.42 Å². The fourth-order valence-corrected chi connectivity index (χ4v) is 5.05. The van der Waals surface area contributed by atoms with E-state index in [1.165, 1.54) is 4.31 Å². The van der Waals surface area contributed by atoms with E-state index in [2.05, 4.69) is 6.58 Å². The number of sulfonamides is 1. The second-order valence-electron chi connectivity index (χ2n) is 6.58. The predicted octanol–water partition coefficient (Wildman–Crippen LogP) is 5.15. The normalized spacial score (nSPS) is 11.5. The van der Waals surface area contributed by atoms with Gasteiger partial charge in [0.15, 0.2) is 0 Å². The van der Waals surface area contributed by atoms with Crippen molar-refractivity contribution in [1.29, 1.82) is 0 Å². The van der Waals surface area contributed by atoms with Gasteiger partial charge in [0.25, 0.3) is 10.0 Å². The van der Waals surface area contributed by atoms with E-state index in [9.17, 15) is 8.42 Å². The Bertz CT molecular complexity index is 1060. The third kappa shape index (κ3) is 3.25. The molecule has 0 aromatic heterocycles. The Morgan fingerprint density at radius 1 is 0.923 bits per heavy atom. The van der Waals surface area contributed by atoms with Crippen molar-refractivity contribution in [3.8, 4) is 0 Å². The number of aryl methyl sites for hydroxylation is 3. The molecule has 134 valence electrons. The lowest BCUT2D eigenvalue weighted by molar-refractivity contribution is 0.592. The van der Waals surface area contributed by atoms with Gasteiger partial charge in [-0.1, -0.05) is 54.1 Å². The van der Waals surface area contributed by atoms with Gasteiger partial charge in [-0.05, 0) is 54.8 Å². The average Bonchev–Trinajstić information content (AvgIpc) is 2.59. The number of hydrogen-bond donors (Lipinski definition) is 0. The topological polar surface area (TPSA) is 37.4 Å². The monoisotopic (exact) mass is 365 g/mol. The van der Waals surface area contributed by atoms with Crippen molar-refractivity contribution in [2.75, 3.05) is 10.8 Å². The highest BCUT2D eigenvalue weighted by Gasteiger charge is 2.26. The summed E-state index contributed by atoms with van der Waals surface area (Å²) >= 11 is 0. The van der Waals surface area contributed by atoms with E-state index >= 15 is 0 Å². The molecule has 3 aromatic carbocycles. The van der Waals surface area contributed by atoms with Gasteiger partial charge >= 0.3 is 0 Å². The Morgan fingerprint density at radius 2 is 1.54 bits per heavy atom. The number of nitrogens with zero attached hydrogens (tertiary/aromatic N) is 1. The van der Waals surface area contributed by atoms with Crippen molar-refractivity contribution in [2.24, 2.45) is 0 Å². The van der Waals surface area contributed by atoms with E-state index in [0.29, 0.717) is 0 Å². The van der Waals surface area contributed by atoms with Crippen LogP contribution in [0.15, 0.2) is 72.1 Å². The molecule has 0 radical (unpaired) electrons. The van der Waals surface area contributed by atoms with E-state index < -0.39 is 10.0 Å². The molecule has 4 heteroatoms. The minimum absolute atomic E-state index is 0.222. The Kier molecular flexibility index (Phi) is 4.88. The molecule has 0 fully saturated rings. The van der Waals surface area contributed by atoms with Crippen LogP contribution < -0.4 is 4.31 Å². The second-order valence-corrected chi connectivity index (χ2v) is 8.44. The zero-order valence-electron chi connectivity index (χ0n) is 15.4. The van der Waals surface area contributed by atoms with Crippen LogP contribution in [0.2, 0.25) is 0 Å². The number of benzene rings is 3.